The third-order valence-electron chi connectivity index (χ3n) is 9.20. The van der Waals surface area contributed by atoms with Crippen LogP contribution in [0.15, 0.2) is 57.6 Å². The van der Waals surface area contributed by atoms with Crippen LogP contribution < -0.4 is 21.1 Å². The van der Waals surface area contributed by atoms with Gasteiger partial charge in [-0.3, -0.25) is 14.4 Å². The number of aromatic nitrogens is 2. The standard InChI is InChI=1S/C34H35N5O7/c1-15(2)25-32-39-26(31-36-22(14-44-31)29(35)42)28(46-32)34-19-7-5-6-8-21(19)37-33(34)45-24-10-9-17(12-20(24)34)11-18(30(43)38-25)13-23(40)27(41)16(3)4/h5-10,12,14-16,18,25,27,33,37,41H,11,13H2,1-4H3,(H2,35,42)(H,38,43)/t18-,25+,27+,33+,34?/m1/s1. The molecule has 46 heavy (non-hydrogen) atoms. The molecule has 0 saturated heterocycles. The number of amides is 2. The van der Waals surface area contributed by atoms with Crippen LogP contribution in [0, 0.1) is 17.8 Å². The van der Waals surface area contributed by atoms with Crippen molar-refractivity contribution < 1.29 is 33.1 Å². The van der Waals surface area contributed by atoms with Crippen LogP contribution in [0.3, 0.4) is 0 Å². The molecule has 12 heteroatoms. The molecule has 7 rings (SSSR count). The number of rotatable bonds is 7. The van der Waals surface area contributed by atoms with Crippen molar-refractivity contribution in [3.63, 3.8) is 0 Å². The summed E-state index contributed by atoms with van der Waals surface area (Å²) in [4.78, 5) is 48.3. The van der Waals surface area contributed by atoms with Gasteiger partial charge >= 0.3 is 0 Å². The Balaban J connectivity index is 1.48. The number of fused-ring (bicyclic) bond motifs is 4. The summed E-state index contributed by atoms with van der Waals surface area (Å²) in [6.45, 7) is 7.37. The number of nitrogens with two attached hydrogens (primary N) is 1. The third kappa shape index (κ3) is 4.50. The number of anilines is 1. The summed E-state index contributed by atoms with van der Waals surface area (Å²) in [7, 11) is 0. The maximum Gasteiger partial charge on any atom is 0.270 e. The van der Waals surface area contributed by atoms with Crippen molar-refractivity contribution in [3.05, 3.63) is 82.8 Å². The zero-order valence-corrected chi connectivity index (χ0v) is 25.9. The van der Waals surface area contributed by atoms with E-state index in [1.165, 1.54) is 6.26 Å². The number of aliphatic hydroxyl groups is 1. The van der Waals surface area contributed by atoms with Gasteiger partial charge in [-0.05, 0) is 41.5 Å². The van der Waals surface area contributed by atoms with Crippen molar-refractivity contribution in [2.75, 3.05) is 5.32 Å². The van der Waals surface area contributed by atoms with Gasteiger partial charge in [0.25, 0.3) is 5.91 Å². The van der Waals surface area contributed by atoms with E-state index >= 15 is 0 Å². The minimum absolute atomic E-state index is 0.0239. The molecule has 5 N–H and O–H groups in total. The molecule has 3 aliphatic rings. The summed E-state index contributed by atoms with van der Waals surface area (Å²) in [6.07, 6.45) is -0.551. The summed E-state index contributed by atoms with van der Waals surface area (Å²) in [5.74, 6) is -1.58. The highest BCUT2D eigenvalue weighted by molar-refractivity contribution is 5.91. The minimum Gasteiger partial charge on any atom is -0.469 e. The van der Waals surface area contributed by atoms with Gasteiger partial charge in [0, 0.05) is 23.6 Å². The highest BCUT2D eigenvalue weighted by Crippen LogP contribution is 2.59. The minimum atomic E-state index is -1.18. The fraction of sp³-hybridized carbons (Fsp3) is 0.382. The maximum atomic E-state index is 14.0. The first-order valence-corrected chi connectivity index (χ1v) is 15.4. The molecule has 1 unspecified atom stereocenters. The number of ether oxygens (including phenoxy) is 1. The molecule has 5 heterocycles. The topological polar surface area (TPSA) is 183 Å². The van der Waals surface area contributed by atoms with Gasteiger partial charge in [-0.2, -0.15) is 0 Å². The molecule has 0 saturated carbocycles. The van der Waals surface area contributed by atoms with Crippen LogP contribution in [0.1, 0.15) is 79.0 Å². The summed E-state index contributed by atoms with van der Waals surface area (Å²) < 4.78 is 19.1. The molecule has 1 spiro atoms. The molecule has 4 aromatic rings. The van der Waals surface area contributed by atoms with Crippen LogP contribution in [-0.4, -0.2) is 45.0 Å². The van der Waals surface area contributed by atoms with E-state index < -0.39 is 41.4 Å². The molecule has 5 atom stereocenters. The van der Waals surface area contributed by atoms with Gasteiger partial charge in [0.05, 0.1) is 0 Å². The van der Waals surface area contributed by atoms with Crippen molar-refractivity contribution in [3.8, 4) is 17.3 Å². The molecule has 12 nitrogen and oxygen atoms in total. The predicted octanol–water partition coefficient (Wildman–Crippen LogP) is 3.87. The van der Waals surface area contributed by atoms with Gasteiger partial charge in [0.1, 0.15) is 29.6 Å². The van der Waals surface area contributed by atoms with E-state index in [-0.39, 0.29) is 53.8 Å². The molecule has 2 aromatic carbocycles. The normalized spacial score (nSPS) is 23.5. The molecule has 4 bridgehead atoms. The number of benzene rings is 2. The molecule has 2 aromatic heterocycles. The van der Waals surface area contributed by atoms with Gasteiger partial charge < -0.3 is 35.0 Å². The van der Waals surface area contributed by atoms with E-state index in [1.54, 1.807) is 13.8 Å². The van der Waals surface area contributed by atoms with Crippen LogP contribution in [0.4, 0.5) is 5.69 Å². The Labute approximate surface area is 264 Å². The number of ketones is 1. The van der Waals surface area contributed by atoms with Gasteiger partial charge in [0.2, 0.25) is 17.7 Å². The molecular formula is C34H35N5O7. The number of nitrogens with zero attached hydrogens (tertiary/aromatic N) is 2. The number of carbonyl (C=O) groups is 3. The summed E-state index contributed by atoms with van der Waals surface area (Å²) in [5, 5.41) is 17.1. The maximum absolute atomic E-state index is 14.0. The SMILES string of the molecule is CC(C)[C@H](O)C(=O)C[C@H]1Cc2ccc3c(c2)C2(c4ccccc4N[C@H]2O3)c2oc(nc2-c2nc(C(N)=O)co2)[C@H](C(C)C)NC1=O. The Bertz CT molecular complexity index is 1880. The molecule has 0 fully saturated rings. The Hall–Kier alpha value is -4.97. The van der Waals surface area contributed by atoms with Crippen LogP contribution in [0.5, 0.6) is 5.75 Å². The summed E-state index contributed by atoms with van der Waals surface area (Å²) >= 11 is 0. The fourth-order valence-electron chi connectivity index (χ4n) is 6.79. The van der Waals surface area contributed by atoms with Crippen molar-refractivity contribution in [1.29, 1.82) is 0 Å². The molecule has 238 valence electrons. The number of Topliss-reactive ketones (excluding diaryl/α,β-unsaturated/α-hetero) is 1. The second-order valence-electron chi connectivity index (χ2n) is 12.9. The number of aliphatic hydroxyl groups excluding tert-OH is 1. The van der Waals surface area contributed by atoms with Gasteiger partial charge in [-0.15, -0.1) is 0 Å². The van der Waals surface area contributed by atoms with E-state index in [0.717, 1.165) is 22.4 Å². The van der Waals surface area contributed by atoms with E-state index in [2.05, 4.69) is 15.6 Å². The lowest BCUT2D eigenvalue weighted by Crippen LogP contribution is -2.41. The highest BCUT2D eigenvalue weighted by Gasteiger charge is 2.61. The van der Waals surface area contributed by atoms with Gasteiger partial charge in [-0.25, -0.2) is 9.97 Å². The second-order valence-corrected chi connectivity index (χ2v) is 12.9. The molecule has 2 amide bonds. The number of carbonyl (C=O) groups excluding carboxylic acids is 3. The van der Waals surface area contributed by atoms with Crippen molar-refractivity contribution in [2.45, 2.75) is 64.3 Å². The first-order chi connectivity index (χ1) is 22.0. The van der Waals surface area contributed by atoms with E-state index in [4.69, 9.17) is 24.3 Å². The predicted molar refractivity (Wildman–Crippen MR) is 165 cm³/mol. The van der Waals surface area contributed by atoms with Crippen LogP contribution >= 0.6 is 0 Å². The number of hydrogen-bond donors (Lipinski definition) is 4. The van der Waals surface area contributed by atoms with E-state index in [9.17, 15) is 19.5 Å². The average molecular weight is 626 g/mol. The number of para-hydroxylation sites is 1. The van der Waals surface area contributed by atoms with Crippen LogP contribution in [0.2, 0.25) is 0 Å². The van der Waals surface area contributed by atoms with Crippen LogP contribution in [-0.2, 0) is 21.4 Å². The summed E-state index contributed by atoms with van der Waals surface area (Å²) in [6, 6.07) is 12.8. The quantitative estimate of drug-likeness (QED) is 0.235. The van der Waals surface area contributed by atoms with Crippen molar-refractivity contribution >= 4 is 23.3 Å². The largest absolute Gasteiger partial charge is 0.469 e. The zero-order chi connectivity index (χ0) is 32.5. The lowest BCUT2D eigenvalue weighted by atomic mass is 9.72. The molecule has 3 aliphatic heterocycles. The average Bonchev–Trinajstić information content (AvgIpc) is 3.79. The van der Waals surface area contributed by atoms with Gasteiger partial charge in [0.15, 0.2) is 29.2 Å². The Kier molecular flexibility index (Phi) is 7.00. The Morgan fingerprint density at radius 2 is 1.87 bits per heavy atom. The third-order valence-corrected chi connectivity index (χ3v) is 9.20. The molecule has 0 aliphatic carbocycles. The van der Waals surface area contributed by atoms with Crippen molar-refractivity contribution in [1.82, 2.24) is 15.3 Å². The fourth-order valence-corrected chi connectivity index (χ4v) is 6.79. The molecular weight excluding hydrogens is 590 g/mol. The Morgan fingerprint density at radius 3 is 2.59 bits per heavy atom. The van der Waals surface area contributed by atoms with Crippen LogP contribution in [0.25, 0.3) is 11.6 Å². The number of oxazole rings is 2. The smallest absolute Gasteiger partial charge is 0.270 e. The number of nitrogens with one attached hydrogen (secondary N) is 2. The van der Waals surface area contributed by atoms with E-state index in [1.807, 2.05) is 56.3 Å². The number of hydrogen-bond acceptors (Lipinski definition) is 10. The Morgan fingerprint density at radius 1 is 1.09 bits per heavy atom. The van der Waals surface area contributed by atoms with E-state index in [0.29, 0.717) is 11.5 Å². The monoisotopic (exact) mass is 625 g/mol. The highest BCUT2D eigenvalue weighted by atomic mass is 16.5. The first-order valence-electron chi connectivity index (χ1n) is 15.4. The van der Waals surface area contributed by atoms with Crippen molar-refractivity contribution in [2.24, 2.45) is 23.5 Å². The lowest BCUT2D eigenvalue weighted by molar-refractivity contribution is -0.135. The lowest BCUT2D eigenvalue weighted by Gasteiger charge is -2.28. The molecule has 0 radical (unpaired) electrons. The van der Waals surface area contributed by atoms with Gasteiger partial charge in [-0.1, -0.05) is 58.0 Å². The second kappa shape index (κ2) is 10.8. The zero-order valence-electron chi connectivity index (χ0n) is 25.9. The first kappa shape index (κ1) is 29.7. The number of primary amides is 1. The summed E-state index contributed by atoms with van der Waals surface area (Å²) in [5.41, 5.74) is 7.87.